The highest BCUT2D eigenvalue weighted by atomic mass is 16.5. The zero-order valence-corrected chi connectivity index (χ0v) is 11.1. The van der Waals surface area contributed by atoms with Crippen molar-refractivity contribution in [2.45, 2.75) is 25.5 Å². The highest BCUT2D eigenvalue weighted by Gasteiger charge is 2.38. The molecule has 106 valence electrons. The van der Waals surface area contributed by atoms with Crippen LogP contribution in [0.25, 0.3) is 0 Å². The second-order valence-electron chi connectivity index (χ2n) is 5.29. The quantitative estimate of drug-likeness (QED) is 0.857. The molecule has 6 nitrogen and oxygen atoms in total. The van der Waals surface area contributed by atoms with Gasteiger partial charge in [0.25, 0.3) is 0 Å². The van der Waals surface area contributed by atoms with E-state index < -0.39 is 12.1 Å². The van der Waals surface area contributed by atoms with Gasteiger partial charge in [0, 0.05) is 6.04 Å². The maximum Gasteiger partial charge on any atom is 0.346 e. The zero-order valence-electron chi connectivity index (χ0n) is 11.1. The number of carbonyl (C=O) groups is 2. The zero-order chi connectivity index (χ0) is 14.3. The van der Waals surface area contributed by atoms with E-state index in [0.717, 1.165) is 6.42 Å². The lowest BCUT2D eigenvalue weighted by atomic mass is 10.2. The van der Waals surface area contributed by atoms with Gasteiger partial charge in [-0.25, -0.2) is 9.59 Å². The predicted molar refractivity (Wildman–Crippen MR) is 71.9 cm³/mol. The molecule has 1 aliphatic carbocycles. The van der Waals surface area contributed by atoms with E-state index >= 15 is 0 Å². The van der Waals surface area contributed by atoms with Crippen LogP contribution >= 0.6 is 0 Å². The number of urea groups is 1. The van der Waals surface area contributed by atoms with Crippen molar-refractivity contribution in [3.8, 4) is 5.75 Å². The highest BCUT2D eigenvalue weighted by molar-refractivity contribution is 5.95. The van der Waals surface area contributed by atoms with E-state index in [2.05, 4.69) is 12.2 Å². The number of para-hydroxylation sites is 2. The van der Waals surface area contributed by atoms with Crippen LogP contribution in [0.2, 0.25) is 0 Å². The molecule has 0 radical (unpaired) electrons. The van der Waals surface area contributed by atoms with Crippen LogP contribution in [-0.4, -0.2) is 35.8 Å². The van der Waals surface area contributed by atoms with Gasteiger partial charge in [-0.1, -0.05) is 19.1 Å². The molecule has 1 heterocycles. The predicted octanol–water partition coefficient (Wildman–Crippen LogP) is 1.46. The standard InChI is InChI=1S/C14H16N2O4/c1-8-6-9(8)15-14(19)16-7-12(13(17)18)20-11-5-3-2-4-10(11)16/h2-5,8-9,12H,6-7H2,1H3,(H,15,19)(H,17,18). The second kappa shape index (κ2) is 4.70. The number of carboxylic acid groups (broad SMARTS) is 1. The molecule has 1 fully saturated rings. The molecule has 20 heavy (non-hydrogen) atoms. The summed E-state index contributed by atoms with van der Waals surface area (Å²) in [5.41, 5.74) is 0.607. The lowest BCUT2D eigenvalue weighted by molar-refractivity contribution is -0.144. The summed E-state index contributed by atoms with van der Waals surface area (Å²) in [6.07, 6.45) is -0.0626. The molecule has 0 spiro atoms. The number of ether oxygens (including phenoxy) is 1. The van der Waals surface area contributed by atoms with E-state index in [1.54, 1.807) is 24.3 Å². The summed E-state index contributed by atoms with van der Waals surface area (Å²) >= 11 is 0. The number of anilines is 1. The van der Waals surface area contributed by atoms with Crippen molar-refractivity contribution in [1.82, 2.24) is 5.32 Å². The van der Waals surface area contributed by atoms with Crippen molar-refractivity contribution < 1.29 is 19.4 Å². The first-order valence-corrected chi connectivity index (χ1v) is 6.63. The van der Waals surface area contributed by atoms with Gasteiger partial charge in [-0.2, -0.15) is 0 Å². The van der Waals surface area contributed by atoms with E-state index in [4.69, 9.17) is 9.84 Å². The first-order valence-electron chi connectivity index (χ1n) is 6.63. The van der Waals surface area contributed by atoms with E-state index in [1.807, 2.05) is 0 Å². The number of amides is 2. The van der Waals surface area contributed by atoms with Crippen LogP contribution in [-0.2, 0) is 4.79 Å². The van der Waals surface area contributed by atoms with Crippen LogP contribution in [0.5, 0.6) is 5.75 Å². The summed E-state index contributed by atoms with van der Waals surface area (Å²) in [5.74, 6) is -0.159. The average molecular weight is 276 g/mol. The van der Waals surface area contributed by atoms with Gasteiger partial charge >= 0.3 is 12.0 Å². The Morgan fingerprint density at radius 2 is 2.10 bits per heavy atom. The Kier molecular flexibility index (Phi) is 3.00. The van der Waals surface area contributed by atoms with Gasteiger partial charge < -0.3 is 15.2 Å². The van der Waals surface area contributed by atoms with Crippen molar-refractivity contribution in [3.05, 3.63) is 24.3 Å². The minimum absolute atomic E-state index is 0.0132. The molecule has 1 aromatic rings. The van der Waals surface area contributed by atoms with Crippen molar-refractivity contribution >= 4 is 17.7 Å². The molecular weight excluding hydrogens is 260 g/mol. The molecule has 2 amide bonds. The molecule has 2 aliphatic rings. The van der Waals surface area contributed by atoms with E-state index in [-0.39, 0.29) is 18.6 Å². The van der Waals surface area contributed by atoms with Gasteiger partial charge in [0.05, 0.1) is 12.2 Å². The monoisotopic (exact) mass is 276 g/mol. The number of carbonyl (C=O) groups excluding carboxylic acids is 1. The minimum Gasteiger partial charge on any atom is -0.478 e. The lowest BCUT2D eigenvalue weighted by Gasteiger charge is -2.33. The molecule has 1 aromatic carbocycles. The number of hydrogen-bond acceptors (Lipinski definition) is 3. The van der Waals surface area contributed by atoms with Crippen molar-refractivity contribution in [1.29, 1.82) is 0 Å². The Bertz CT molecular complexity index is 560. The van der Waals surface area contributed by atoms with Crippen molar-refractivity contribution in [2.75, 3.05) is 11.4 Å². The van der Waals surface area contributed by atoms with Gasteiger partial charge in [0.2, 0.25) is 6.10 Å². The van der Waals surface area contributed by atoms with E-state index in [0.29, 0.717) is 17.4 Å². The third-order valence-electron chi connectivity index (χ3n) is 3.71. The normalized spacial score (nSPS) is 27.2. The van der Waals surface area contributed by atoms with Crippen molar-refractivity contribution in [3.63, 3.8) is 0 Å². The number of fused-ring (bicyclic) bond motifs is 1. The summed E-state index contributed by atoms with van der Waals surface area (Å²) in [7, 11) is 0. The SMILES string of the molecule is CC1CC1NC(=O)N1CC(C(=O)O)Oc2ccccc21. The second-order valence-corrected chi connectivity index (χ2v) is 5.29. The number of hydrogen-bond donors (Lipinski definition) is 2. The largest absolute Gasteiger partial charge is 0.478 e. The molecule has 3 rings (SSSR count). The highest BCUT2D eigenvalue weighted by Crippen LogP contribution is 2.34. The molecule has 1 aliphatic heterocycles. The van der Waals surface area contributed by atoms with Crippen LogP contribution in [0, 0.1) is 5.92 Å². The molecule has 6 heteroatoms. The fourth-order valence-corrected chi connectivity index (χ4v) is 2.32. The number of rotatable bonds is 2. The molecule has 1 saturated carbocycles. The first kappa shape index (κ1) is 12.8. The number of nitrogens with zero attached hydrogens (tertiary/aromatic N) is 1. The Labute approximate surface area is 116 Å². The third kappa shape index (κ3) is 2.29. The first-order chi connectivity index (χ1) is 9.56. The molecule has 2 N–H and O–H groups in total. The molecule has 0 bridgehead atoms. The summed E-state index contributed by atoms with van der Waals surface area (Å²) < 4.78 is 5.39. The summed E-state index contributed by atoms with van der Waals surface area (Å²) in [4.78, 5) is 24.9. The van der Waals surface area contributed by atoms with E-state index in [9.17, 15) is 9.59 Å². The van der Waals surface area contributed by atoms with Crippen LogP contribution in [0.15, 0.2) is 24.3 Å². The number of nitrogens with one attached hydrogen (secondary N) is 1. The Morgan fingerprint density at radius 3 is 2.75 bits per heavy atom. The van der Waals surface area contributed by atoms with Crippen LogP contribution in [0.1, 0.15) is 13.3 Å². The molecule has 0 aromatic heterocycles. The average Bonchev–Trinajstić information content (AvgIpc) is 3.12. The van der Waals surface area contributed by atoms with E-state index in [1.165, 1.54) is 4.90 Å². The van der Waals surface area contributed by atoms with Crippen molar-refractivity contribution in [2.24, 2.45) is 5.92 Å². The van der Waals surface area contributed by atoms with Crippen LogP contribution in [0.4, 0.5) is 10.5 Å². The van der Waals surface area contributed by atoms with Crippen LogP contribution < -0.4 is 15.0 Å². The smallest absolute Gasteiger partial charge is 0.346 e. The molecule has 0 saturated heterocycles. The Balaban J connectivity index is 1.84. The summed E-state index contributed by atoms with van der Waals surface area (Å²) in [6.45, 7) is 2.08. The van der Waals surface area contributed by atoms with Gasteiger partial charge in [-0.05, 0) is 24.5 Å². The number of aliphatic carboxylic acids is 1. The minimum atomic E-state index is -1.07. The molecule has 3 atom stereocenters. The molecular formula is C14H16N2O4. The Hall–Kier alpha value is -2.24. The van der Waals surface area contributed by atoms with Gasteiger partial charge in [0.1, 0.15) is 5.75 Å². The molecule has 3 unspecified atom stereocenters. The summed E-state index contributed by atoms with van der Waals surface area (Å²) in [6, 6.07) is 6.90. The lowest BCUT2D eigenvalue weighted by Crippen LogP contribution is -2.51. The topological polar surface area (TPSA) is 78.9 Å². The third-order valence-corrected chi connectivity index (χ3v) is 3.71. The fraction of sp³-hybridized carbons (Fsp3) is 0.429. The number of benzene rings is 1. The maximum atomic E-state index is 12.3. The van der Waals surface area contributed by atoms with Gasteiger partial charge in [0.15, 0.2) is 0 Å². The number of carboxylic acids is 1. The van der Waals surface area contributed by atoms with Gasteiger partial charge in [-0.15, -0.1) is 0 Å². The maximum absolute atomic E-state index is 12.3. The fourth-order valence-electron chi connectivity index (χ4n) is 2.32. The Morgan fingerprint density at radius 1 is 1.40 bits per heavy atom. The summed E-state index contributed by atoms with van der Waals surface area (Å²) in [5, 5.41) is 12.0. The van der Waals surface area contributed by atoms with Gasteiger partial charge in [-0.3, -0.25) is 4.90 Å². The van der Waals surface area contributed by atoms with Crippen LogP contribution in [0.3, 0.4) is 0 Å².